The van der Waals surface area contributed by atoms with Gasteiger partial charge in [-0.2, -0.15) is 0 Å². The Bertz CT molecular complexity index is 171. The fraction of sp³-hybridized carbons (Fsp3) is 0.833. The lowest BCUT2D eigenvalue weighted by Crippen LogP contribution is -2.27. The van der Waals surface area contributed by atoms with Gasteiger partial charge in [-0.1, -0.05) is 24.0 Å². The van der Waals surface area contributed by atoms with E-state index in [4.69, 9.17) is 24.0 Å². The molecule has 0 spiro atoms. The van der Waals surface area contributed by atoms with E-state index in [1.807, 2.05) is 13.3 Å². The lowest BCUT2D eigenvalue weighted by Gasteiger charge is -2.16. The summed E-state index contributed by atoms with van der Waals surface area (Å²) in [5.41, 5.74) is 0. The van der Waals surface area contributed by atoms with Gasteiger partial charge in [0.15, 0.2) is 0 Å². The molecule has 0 aromatic carbocycles. The van der Waals surface area contributed by atoms with E-state index < -0.39 is 6.04 Å². The van der Waals surface area contributed by atoms with Gasteiger partial charge in [0.25, 0.3) is 0 Å². The van der Waals surface area contributed by atoms with Crippen LogP contribution >= 0.6 is 18.3 Å². The Morgan fingerprint density at radius 2 is 1.80 bits per heavy atom. The predicted octanol–water partition coefficient (Wildman–Crippen LogP) is 2.01. The molecule has 0 heterocycles. The number of hydrogen-bond acceptors (Lipinski definition) is 2. The minimum absolute atomic E-state index is 0.412. The van der Waals surface area contributed by atoms with Crippen molar-refractivity contribution in [1.29, 1.82) is 0 Å². The molecule has 60 valence electrons. The highest BCUT2D eigenvalue weighted by atomic mass is 32.4. The zero-order chi connectivity index (χ0) is 8.36. The van der Waals surface area contributed by atoms with Gasteiger partial charge in [0, 0.05) is 12.1 Å². The molecular weight excluding hydrogens is 181 g/mol. The minimum atomic E-state index is -1.36. The van der Waals surface area contributed by atoms with Crippen molar-refractivity contribution >= 4 is 34.8 Å². The number of nitrogens with one attached hydrogen (secondary N) is 1. The van der Waals surface area contributed by atoms with Gasteiger partial charge in [0.1, 0.15) is 4.73 Å². The van der Waals surface area contributed by atoms with E-state index in [1.165, 1.54) is 0 Å². The van der Waals surface area contributed by atoms with Crippen LogP contribution in [0, 0.1) is 0 Å². The maximum Gasteiger partial charge on any atom is 0.108 e. The van der Waals surface area contributed by atoms with Crippen molar-refractivity contribution in [2.45, 2.75) is 19.9 Å². The van der Waals surface area contributed by atoms with Gasteiger partial charge >= 0.3 is 0 Å². The molecule has 0 radical (unpaired) electrons. The highest BCUT2D eigenvalue weighted by molar-refractivity contribution is 8.27. The van der Waals surface area contributed by atoms with Crippen molar-refractivity contribution < 1.29 is 0 Å². The van der Waals surface area contributed by atoms with E-state index in [0.717, 1.165) is 4.73 Å². The molecular formula is C6H14NPS2. The minimum Gasteiger partial charge on any atom is -0.373 e. The van der Waals surface area contributed by atoms with Gasteiger partial charge in [0.2, 0.25) is 0 Å². The molecule has 0 fully saturated rings. The van der Waals surface area contributed by atoms with Crippen molar-refractivity contribution in [3.05, 3.63) is 0 Å². The lowest BCUT2D eigenvalue weighted by atomic mass is 10.4. The third-order valence-electron chi connectivity index (χ3n) is 0.901. The summed E-state index contributed by atoms with van der Waals surface area (Å²) in [7, 11) is 0. The van der Waals surface area contributed by atoms with Crippen LogP contribution in [0.3, 0.4) is 0 Å². The van der Waals surface area contributed by atoms with E-state index in [2.05, 4.69) is 19.2 Å². The first-order chi connectivity index (χ1) is 4.34. The molecule has 0 saturated carbocycles. The number of thiocarbonyl (C=S) groups is 1. The summed E-state index contributed by atoms with van der Waals surface area (Å²) in [5.74, 6) is 0. The molecule has 0 aromatic rings. The third-order valence-corrected chi connectivity index (χ3v) is 4.39. The fourth-order valence-corrected chi connectivity index (χ4v) is 1.37. The molecule has 0 aliphatic carbocycles. The van der Waals surface area contributed by atoms with E-state index in [1.54, 1.807) is 0 Å². The summed E-state index contributed by atoms with van der Waals surface area (Å²) >= 11 is 10.3. The van der Waals surface area contributed by atoms with Gasteiger partial charge in [-0.25, -0.2) is 0 Å². The topological polar surface area (TPSA) is 12.0 Å². The molecule has 0 aliphatic heterocycles. The van der Waals surface area contributed by atoms with Crippen LogP contribution in [-0.4, -0.2) is 24.1 Å². The molecule has 0 saturated heterocycles. The number of rotatable bonds is 2. The van der Waals surface area contributed by atoms with Crippen molar-refractivity contribution in [1.82, 2.24) is 5.32 Å². The van der Waals surface area contributed by atoms with Crippen molar-refractivity contribution in [2.24, 2.45) is 0 Å². The smallest absolute Gasteiger partial charge is 0.108 e. The van der Waals surface area contributed by atoms with Crippen molar-refractivity contribution in [2.75, 3.05) is 13.3 Å². The van der Waals surface area contributed by atoms with Crippen LogP contribution in [0.4, 0.5) is 0 Å². The lowest BCUT2D eigenvalue weighted by molar-refractivity contribution is 0.746. The Hall–Kier alpha value is 0.540. The van der Waals surface area contributed by atoms with Gasteiger partial charge in [-0.05, 0) is 27.2 Å². The summed E-state index contributed by atoms with van der Waals surface area (Å²) in [6.45, 7) is 8.22. The molecule has 10 heavy (non-hydrogen) atoms. The summed E-state index contributed by atoms with van der Waals surface area (Å²) < 4.78 is 0.873. The zero-order valence-electron chi connectivity index (χ0n) is 6.84. The quantitative estimate of drug-likeness (QED) is 0.535. The average molecular weight is 195 g/mol. The SMILES string of the molecule is CC(C)NC(=S)P(C)(C)=S. The molecule has 0 atom stereocenters. The van der Waals surface area contributed by atoms with Crippen LogP contribution in [0.25, 0.3) is 0 Å². The maximum atomic E-state index is 5.23. The summed E-state index contributed by atoms with van der Waals surface area (Å²) in [6, 6.07) is -0.945. The van der Waals surface area contributed by atoms with Gasteiger partial charge in [0.05, 0.1) is 0 Å². The van der Waals surface area contributed by atoms with Crippen LogP contribution in [0.5, 0.6) is 0 Å². The summed E-state index contributed by atoms with van der Waals surface area (Å²) in [5, 5.41) is 3.16. The van der Waals surface area contributed by atoms with Crippen molar-refractivity contribution in [3.8, 4) is 0 Å². The van der Waals surface area contributed by atoms with Crippen LogP contribution in [0.15, 0.2) is 0 Å². The van der Waals surface area contributed by atoms with Crippen LogP contribution < -0.4 is 5.32 Å². The standard InChI is InChI=1S/C6H14NPS2/c1-5(2)7-6(9)8(3,4)10/h5H,1-4H3,(H,7,9). The van der Waals surface area contributed by atoms with Gasteiger partial charge in [-0.3, -0.25) is 0 Å². The summed E-state index contributed by atoms with van der Waals surface area (Å²) in [6.07, 6.45) is 0. The fourth-order valence-electron chi connectivity index (χ4n) is 0.402. The van der Waals surface area contributed by atoms with Crippen molar-refractivity contribution in [3.63, 3.8) is 0 Å². The first-order valence-electron chi connectivity index (χ1n) is 3.20. The molecule has 1 nitrogen and oxygen atoms in total. The molecule has 0 bridgehead atoms. The molecule has 0 amide bonds. The Morgan fingerprint density at radius 3 is 1.90 bits per heavy atom. The maximum absolute atomic E-state index is 5.23. The van der Waals surface area contributed by atoms with Gasteiger partial charge < -0.3 is 5.32 Å². The second-order valence-electron chi connectivity index (χ2n) is 2.96. The zero-order valence-corrected chi connectivity index (χ0v) is 9.37. The second kappa shape index (κ2) is 3.80. The Balaban J connectivity index is 4.00. The van der Waals surface area contributed by atoms with Crippen LogP contribution in [0.2, 0.25) is 0 Å². The Labute approximate surface area is 73.6 Å². The van der Waals surface area contributed by atoms with Crippen LogP contribution in [0.1, 0.15) is 13.8 Å². The largest absolute Gasteiger partial charge is 0.373 e. The number of hydrogen-bond donors (Lipinski definition) is 1. The highest BCUT2D eigenvalue weighted by Crippen LogP contribution is 2.37. The molecule has 4 heteroatoms. The monoisotopic (exact) mass is 195 g/mol. The first-order valence-corrected chi connectivity index (χ1v) is 7.30. The summed E-state index contributed by atoms with van der Waals surface area (Å²) in [4.78, 5) is 0. The molecule has 0 aliphatic rings. The van der Waals surface area contributed by atoms with Gasteiger partial charge in [-0.15, -0.1) is 0 Å². The Kier molecular flexibility index (Phi) is 4.00. The first kappa shape index (κ1) is 10.5. The third kappa shape index (κ3) is 4.37. The second-order valence-corrected chi connectivity index (χ2v) is 9.55. The van der Waals surface area contributed by atoms with E-state index >= 15 is 0 Å². The molecule has 1 N–H and O–H groups in total. The normalized spacial score (nSPS) is 11.7. The molecule has 0 unspecified atom stereocenters. The van der Waals surface area contributed by atoms with E-state index in [9.17, 15) is 0 Å². The highest BCUT2D eigenvalue weighted by Gasteiger charge is 2.09. The van der Waals surface area contributed by atoms with Crippen LogP contribution in [-0.2, 0) is 11.8 Å². The molecule has 0 rings (SSSR count). The molecule has 0 aromatic heterocycles. The Morgan fingerprint density at radius 1 is 1.40 bits per heavy atom. The average Bonchev–Trinajstić information content (AvgIpc) is 1.60. The predicted molar refractivity (Wildman–Crippen MR) is 57.0 cm³/mol. The van der Waals surface area contributed by atoms with E-state index in [-0.39, 0.29) is 0 Å². The van der Waals surface area contributed by atoms with E-state index in [0.29, 0.717) is 6.04 Å².